The highest BCUT2D eigenvalue weighted by atomic mass is 16.5. The highest BCUT2D eigenvalue weighted by Crippen LogP contribution is 2.52. The highest BCUT2D eigenvalue weighted by Gasteiger charge is 2.45. The van der Waals surface area contributed by atoms with Crippen LogP contribution in [0.4, 0.5) is 0 Å². The minimum absolute atomic E-state index is 0.0727. The third-order valence-corrected chi connectivity index (χ3v) is 4.52. The minimum atomic E-state index is -0.778. The van der Waals surface area contributed by atoms with Gasteiger partial charge in [-0.05, 0) is 22.3 Å². The summed E-state index contributed by atoms with van der Waals surface area (Å²) in [7, 11) is 1.34. The van der Waals surface area contributed by atoms with Crippen molar-refractivity contribution in [2.75, 3.05) is 13.7 Å². The summed E-state index contributed by atoms with van der Waals surface area (Å²) < 4.78 is 4.87. The number of esters is 1. The SMILES string of the molecule is COC(=O)CC1(CC(=O)CO)c2ccccc2-c2ccccc21. The van der Waals surface area contributed by atoms with E-state index in [4.69, 9.17) is 4.74 Å². The van der Waals surface area contributed by atoms with E-state index in [9.17, 15) is 14.7 Å². The summed E-state index contributed by atoms with van der Waals surface area (Å²) in [5.41, 5.74) is 3.15. The molecule has 0 saturated carbocycles. The van der Waals surface area contributed by atoms with Crippen LogP contribution >= 0.6 is 0 Å². The lowest BCUT2D eigenvalue weighted by atomic mass is 9.72. The van der Waals surface area contributed by atoms with Gasteiger partial charge in [-0.15, -0.1) is 0 Å². The third kappa shape index (κ3) is 2.45. The Morgan fingerprint density at radius 1 is 0.957 bits per heavy atom. The number of rotatable bonds is 5. The second-order valence-electron chi connectivity index (χ2n) is 5.80. The quantitative estimate of drug-likeness (QED) is 0.862. The number of carbonyl (C=O) groups excluding carboxylic acids is 2. The smallest absolute Gasteiger partial charge is 0.306 e. The third-order valence-electron chi connectivity index (χ3n) is 4.52. The first-order valence-corrected chi connectivity index (χ1v) is 7.51. The first-order valence-electron chi connectivity index (χ1n) is 7.51. The van der Waals surface area contributed by atoms with Crippen molar-refractivity contribution in [1.29, 1.82) is 0 Å². The van der Waals surface area contributed by atoms with E-state index in [0.717, 1.165) is 22.3 Å². The number of hydrogen-bond donors (Lipinski definition) is 1. The number of benzene rings is 2. The van der Waals surface area contributed by atoms with Crippen molar-refractivity contribution in [3.05, 3.63) is 59.7 Å². The molecule has 0 unspecified atom stereocenters. The van der Waals surface area contributed by atoms with Gasteiger partial charge in [-0.3, -0.25) is 9.59 Å². The van der Waals surface area contributed by atoms with Crippen molar-refractivity contribution in [3.63, 3.8) is 0 Å². The summed E-state index contributed by atoms with van der Waals surface area (Å²) in [6.45, 7) is -0.534. The van der Waals surface area contributed by atoms with E-state index >= 15 is 0 Å². The fourth-order valence-electron chi connectivity index (χ4n) is 3.57. The van der Waals surface area contributed by atoms with Gasteiger partial charge in [0.25, 0.3) is 0 Å². The van der Waals surface area contributed by atoms with Crippen LogP contribution in [-0.4, -0.2) is 30.6 Å². The molecule has 0 aliphatic heterocycles. The lowest BCUT2D eigenvalue weighted by molar-refractivity contribution is -0.142. The molecule has 0 aromatic heterocycles. The summed E-state index contributed by atoms with van der Waals surface area (Å²) in [5, 5.41) is 9.23. The van der Waals surface area contributed by atoms with Crippen LogP contribution in [0.2, 0.25) is 0 Å². The minimum Gasteiger partial charge on any atom is -0.469 e. The van der Waals surface area contributed by atoms with Crippen molar-refractivity contribution in [1.82, 2.24) is 0 Å². The van der Waals surface area contributed by atoms with Gasteiger partial charge in [0.15, 0.2) is 5.78 Å². The molecule has 0 radical (unpaired) electrons. The number of fused-ring (bicyclic) bond motifs is 3. The van der Waals surface area contributed by atoms with Gasteiger partial charge in [0, 0.05) is 11.8 Å². The molecule has 0 bridgehead atoms. The molecule has 1 aliphatic carbocycles. The molecule has 4 heteroatoms. The molecule has 23 heavy (non-hydrogen) atoms. The van der Waals surface area contributed by atoms with Gasteiger partial charge in [0.05, 0.1) is 13.5 Å². The summed E-state index contributed by atoms with van der Waals surface area (Å²) in [6.07, 6.45) is 0.149. The van der Waals surface area contributed by atoms with E-state index < -0.39 is 12.0 Å². The van der Waals surface area contributed by atoms with Crippen molar-refractivity contribution in [2.24, 2.45) is 0 Å². The monoisotopic (exact) mass is 310 g/mol. The largest absolute Gasteiger partial charge is 0.469 e. The molecule has 3 rings (SSSR count). The molecule has 2 aromatic carbocycles. The van der Waals surface area contributed by atoms with Gasteiger partial charge in [0.2, 0.25) is 0 Å². The second kappa shape index (κ2) is 5.97. The first-order chi connectivity index (χ1) is 11.1. The van der Waals surface area contributed by atoms with E-state index in [1.165, 1.54) is 7.11 Å². The van der Waals surface area contributed by atoms with Crippen LogP contribution in [0.3, 0.4) is 0 Å². The molecule has 0 spiro atoms. The molecule has 0 amide bonds. The van der Waals surface area contributed by atoms with Gasteiger partial charge in [-0.2, -0.15) is 0 Å². The molecule has 2 aromatic rings. The number of aliphatic hydroxyl groups excluding tert-OH is 1. The van der Waals surface area contributed by atoms with E-state index in [1.807, 2.05) is 48.5 Å². The second-order valence-corrected chi connectivity index (χ2v) is 5.80. The normalized spacial score (nSPS) is 14.0. The van der Waals surface area contributed by atoms with Crippen LogP contribution in [0.1, 0.15) is 24.0 Å². The maximum atomic E-state index is 12.1. The number of Topliss-reactive ketones (excluding diaryl/α,β-unsaturated/α-hetero) is 1. The van der Waals surface area contributed by atoms with Crippen LogP contribution in [0, 0.1) is 0 Å². The average Bonchev–Trinajstić information content (AvgIpc) is 2.86. The predicted molar refractivity (Wildman–Crippen MR) is 86.0 cm³/mol. The zero-order valence-electron chi connectivity index (χ0n) is 12.9. The number of methoxy groups -OCH3 is 1. The topological polar surface area (TPSA) is 63.6 Å². The Morgan fingerprint density at radius 2 is 1.48 bits per heavy atom. The Bertz CT molecular complexity index is 698. The fraction of sp³-hybridized carbons (Fsp3) is 0.263. The van der Waals surface area contributed by atoms with Crippen LogP contribution in [0.5, 0.6) is 0 Å². The lowest BCUT2D eigenvalue weighted by Gasteiger charge is -2.30. The van der Waals surface area contributed by atoms with Crippen LogP contribution < -0.4 is 0 Å². The molecule has 0 atom stereocenters. The maximum absolute atomic E-state index is 12.1. The van der Waals surface area contributed by atoms with Gasteiger partial charge in [-0.25, -0.2) is 0 Å². The zero-order valence-corrected chi connectivity index (χ0v) is 12.9. The summed E-state index contributed by atoms with van der Waals surface area (Å²) >= 11 is 0. The molecule has 0 saturated heterocycles. The summed E-state index contributed by atoms with van der Waals surface area (Å²) in [4.78, 5) is 24.1. The number of ether oxygens (including phenoxy) is 1. The molecule has 1 N–H and O–H groups in total. The Morgan fingerprint density at radius 3 is 1.96 bits per heavy atom. The van der Waals surface area contributed by atoms with Gasteiger partial charge < -0.3 is 9.84 Å². The maximum Gasteiger partial charge on any atom is 0.306 e. The first kappa shape index (κ1) is 15.4. The zero-order chi connectivity index (χ0) is 16.4. The van der Waals surface area contributed by atoms with Crippen molar-refractivity contribution >= 4 is 11.8 Å². The molecular formula is C19H18O4. The Hall–Kier alpha value is -2.46. The summed E-state index contributed by atoms with van der Waals surface area (Å²) in [6, 6.07) is 15.6. The van der Waals surface area contributed by atoms with Crippen molar-refractivity contribution in [2.45, 2.75) is 18.3 Å². The standard InChI is InChI=1S/C19H18O4/c1-23-18(22)11-19(10-13(21)12-20)16-8-4-2-6-14(16)15-7-3-5-9-17(15)19/h2-9,20H,10-12H2,1H3. The number of carbonyl (C=O) groups is 2. The molecule has 1 aliphatic rings. The van der Waals surface area contributed by atoms with Crippen LogP contribution in [-0.2, 0) is 19.7 Å². The summed E-state index contributed by atoms with van der Waals surface area (Å²) in [5.74, 6) is -0.664. The Balaban J connectivity index is 2.24. The van der Waals surface area contributed by atoms with Crippen molar-refractivity contribution in [3.8, 4) is 11.1 Å². The molecule has 4 nitrogen and oxygen atoms in total. The Labute approximate surface area is 134 Å². The predicted octanol–water partition coefficient (Wildman–Crippen LogP) is 2.47. The van der Waals surface area contributed by atoms with Gasteiger partial charge in [0.1, 0.15) is 6.61 Å². The van der Waals surface area contributed by atoms with Crippen LogP contribution in [0.25, 0.3) is 11.1 Å². The molecule has 0 heterocycles. The molecule has 118 valence electrons. The number of aliphatic hydroxyl groups is 1. The van der Waals surface area contributed by atoms with E-state index in [1.54, 1.807) is 0 Å². The fourth-order valence-corrected chi connectivity index (χ4v) is 3.57. The molecular weight excluding hydrogens is 292 g/mol. The van der Waals surface area contributed by atoms with Crippen molar-refractivity contribution < 1.29 is 19.4 Å². The Kier molecular flexibility index (Phi) is 4.01. The number of hydrogen-bond acceptors (Lipinski definition) is 4. The molecule has 0 fully saturated rings. The highest BCUT2D eigenvalue weighted by molar-refractivity contribution is 5.90. The van der Waals surface area contributed by atoms with E-state index in [2.05, 4.69) is 0 Å². The van der Waals surface area contributed by atoms with E-state index in [-0.39, 0.29) is 24.6 Å². The lowest BCUT2D eigenvalue weighted by Crippen LogP contribution is -2.33. The van der Waals surface area contributed by atoms with E-state index in [0.29, 0.717) is 0 Å². The number of ketones is 1. The van der Waals surface area contributed by atoms with Gasteiger partial charge in [-0.1, -0.05) is 48.5 Å². The van der Waals surface area contributed by atoms with Crippen LogP contribution in [0.15, 0.2) is 48.5 Å². The van der Waals surface area contributed by atoms with Gasteiger partial charge >= 0.3 is 5.97 Å². The average molecular weight is 310 g/mol.